The zero-order chi connectivity index (χ0) is 26.4. The molecule has 0 aromatic heterocycles. The van der Waals surface area contributed by atoms with E-state index in [1.54, 1.807) is 4.90 Å². The van der Waals surface area contributed by atoms with Crippen LogP contribution in [0.25, 0.3) is 0 Å². The summed E-state index contributed by atoms with van der Waals surface area (Å²) in [5, 5.41) is 3.13. The van der Waals surface area contributed by atoms with Crippen LogP contribution in [0.1, 0.15) is 59.5 Å². The normalized spacial score (nSPS) is 31.2. The van der Waals surface area contributed by atoms with E-state index in [1.165, 1.54) is 43.4 Å². The summed E-state index contributed by atoms with van der Waals surface area (Å²) in [4.78, 5) is 29.9. The van der Waals surface area contributed by atoms with Crippen molar-refractivity contribution in [1.29, 1.82) is 0 Å². The van der Waals surface area contributed by atoms with E-state index in [2.05, 4.69) is 40.5 Å². The minimum Gasteiger partial charge on any atom is -0.351 e. The molecule has 8 heteroatoms. The Morgan fingerprint density at radius 3 is 2.24 bits per heavy atom. The Balaban J connectivity index is 0.953. The SMILES string of the molecule is O=C(N[C@@H]1CCN(C(=O)c2cccc(C(F)(F)F)c2)C1)C1[C@H]2CN(C3CCC(c4ccccc4)CC3)C[C@@H]12. The van der Waals surface area contributed by atoms with E-state index in [0.29, 0.717) is 43.3 Å². The molecule has 4 fully saturated rings. The molecular formula is C30H34F3N3O2. The van der Waals surface area contributed by atoms with E-state index >= 15 is 0 Å². The molecule has 38 heavy (non-hydrogen) atoms. The molecule has 4 atom stereocenters. The number of hydrogen-bond acceptors (Lipinski definition) is 3. The average Bonchev–Trinajstić information content (AvgIpc) is 3.22. The van der Waals surface area contributed by atoms with Gasteiger partial charge in [-0.3, -0.25) is 14.5 Å². The van der Waals surface area contributed by atoms with E-state index in [0.717, 1.165) is 25.2 Å². The molecule has 2 heterocycles. The summed E-state index contributed by atoms with van der Waals surface area (Å²) >= 11 is 0. The molecule has 202 valence electrons. The van der Waals surface area contributed by atoms with Crippen molar-refractivity contribution in [2.24, 2.45) is 17.8 Å². The Morgan fingerprint density at radius 1 is 0.842 bits per heavy atom. The summed E-state index contributed by atoms with van der Waals surface area (Å²) in [6.07, 6.45) is 1.01. The first-order valence-electron chi connectivity index (χ1n) is 13.8. The number of likely N-dealkylation sites (tertiary alicyclic amines) is 2. The van der Waals surface area contributed by atoms with Gasteiger partial charge in [0.05, 0.1) is 5.56 Å². The van der Waals surface area contributed by atoms with Crippen LogP contribution in [0.15, 0.2) is 54.6 Å². The van der Waals surface area contributed by atoms with Crippen LogP contribution >= 0.6 is 0 Å². The van der Waals surface area contributed by atoms with Crippen molar-refractivity contribution >= 4 is 11.8 Å². The maximum Gasteiger partial charge on any atom is 0.416 e. The minimum absolute atomic E-state index is 0.0291. The lowest BCUT2D eigenvalue weighted by Gasteiger charge is -2.36. The molecule has 2 aromatic carbocycles. The summed E-state index contributed by atoms with van der Waals surface area (Å²) in [6.45, 7) is 2.75. The Labute approximate surface area is 221 Å². The average molecular weight is 526 g/mol. The molecule has 1 N–H and O–H groups in total. The molecular weight excluding hydrogens is 491 g/mol. The predicted molar refractivity (Wildman–Crippen MR) is 137 cm³/mol. The Morgan fingerprint density at radius 2 is 1.55 bits per heavy atom. The van der Waals surface area contributed by atoms with Crippen molar-refractivity contribution in [2.75, 3.05) is 26.2 Å². The van der Waals surface area contributed by atoms with Gasteiger partial charge < -0.3 is 10.2 Å². The molecule has 0 radical (unpaired) electrons. The Bertz CT molecular complexity index is 1170. The second-order valence-electron chi connectivity index (χ2n) is 11.5. The van der Waals surface area contributed by atoms with Gasteiger partial charge in [-0.1, -0.05) is 36.4 Å². The van der Waals surface area contributed by atoms with Crippen LogP contribution in [0.2, 0.25) is 0 Å². The second kappa shape index (κ2) is 10.0. The number of carbonyl (C=O) groups excluding carboxylic acids is 2. The van der Waals surface area contributed by atoms with Gasteiger partial charge in [-0.25, -0.2) is 0 Å². The minimum atomic E-state index is -4.49. The van der Waals surface area contributed by atoms with E-state index in [9.17, 15) is 22.8 Å². The molecule has 5 nitrogen and oxygen atoms in total. The number of nitrogens with one attached hydrogen (secondary N) is 1. The third kappa shape index (κ3) is 5.07. The van der Waals surface area contributed by atoms with Gasteiger partial charge in [-0.2, -0.15) is 13.2 Å². The van der Waals surface area contributed by atoms with Crippen LogP contribution in [-0.4, -0.2) is 59.9 Å². The van der Waals surface area contributed by atoms with Gasteiger partial charge in [-0.15, -0.1) is 0 Å². The van der Waals surface area contributed by atoms with Crippen molar-refractivity contribution in [1.82, 2.24) is 15.1 Å². The zero-order valence-corrected chi connectivity index (χ0v) is 21.4. The number of hydrogen-bond donors (Lipinski definition) is 1. The lowest BCUT2D eigenvalue weighted by atomic mass is 9.81. The van der Waals surface area contributed by atoms with E-state index < -0.39 is 17.6 Å². The molecule has 1 unspecified atom stereocenters. The maximum atomic E-state index is 13.0. The quantitative estimate of drug-likeness (QED) is 0.602. The van der Waals surface area contributed by atoms with Gasteiger partial charge >= 0.3 is 6.18 Å². The first kappa shape index (κ1) is 25.4. The molecule has 0 bridgehead atoms. The van der Waals surface area contributed by atoms with Crippen LogP contribution in [0.3, 0.4) is 0 Å². The molecule has 4 aliphatic rings. The lowest BCUT2D eigenvalue weighted by molar-refractivity contribution is -0.137. The number of amides is 2. The summed E-state index contributed by atoms with van der Waals surface area (Å²) in [5.74, 6) is 1.21. The van der Waals surface area contributed by atoms with Crippen LogP contribution in [0.5, 0.6) is 0 Å². The van der Waals surface area contributed by atoms with E-state index in [4.69, 9.17) is 0 Å². The molecule has 2 aromatic rings. The van der Waals surface area contributed by atoms with Crippen LogP contribution in [-0.2, 0) is 11.0 Å². The fraction of sp³-hybridized carbons (Fsp3) is 0.533. The largest absolute Gasteiger partial charge is 0.416 e. The topological polar surface area (TPSA) is 52.7 Å². The first-order valence-corrected chi connectivity index (χ1v) is 13.8. The Kier molecular flexibility index (Phi) is 6.70. The number of halogens is 3. The molecule has 2 aliphatic heterocycles. The van der Waals surface area contributed by atoms with Gasteiger partial charge in [-0.05, 0) is 73.6 Å². The third-order valence-corrected chi connectivity index (χ3v) is 9.27. The predicted octanol–water partition coefficient (Wildman–Crippen LogP) is 4.94. The van der Waals surface area contributed by atoms with Crippen molar-refractivity contribution < 1.29 is 22.8 Å². The fourth-order valence-corrected chi connectivity index (χ4v) is 7.12. The highest BCUT2D eigenvalue weighted by Gasteiger charge is 2.60. The molecule has 2 saturated carbocycles. The number of benzene rings is 2. The van der Waals surface area contributed by atoms with Crippen molar-refractivity contribution in [2.45, 2.75) is 56.3 Å². The smallest absolute Gasteiger partial charge is 0.351 e. The Hall–Kier alpha value is -2.87. The fourth-order valence-electron chi connectivity index (χ4n) is 7.12. The maximum absolute atomic E-state index is 13.0. The van der Waals surface area contributed by atoms with Crippen molar-refractivity contribution in [3.63, 3.8) is 0 Å². The summed E-state index contributed by atoms with van der Waals surface area (Å²) in [7, 11) is 0. The van der Waals surface area contributed by atoms with E-state index in [-0.39, 0.29) is 23.4 Å². The lowest BCUT2D eigenvalue weighted by Crippen LogP contribution is -2.42. The van der Waals surface area contributed by atoms with Gasteiger partial charge in [0.25, 0.3) is 5.91 Å². The number of rotatable bonds is 5. The van der Waals surface area contributed by atoms with Crippen LogP contribution < -0.4 is 5.32 Å². The first-order chi connectivity index (χ1) is 18.3. The summed E-state index contributed by atoms with van der Waals surface area (Å²) in [5.41, 5.74) is 0.654. The molecule has 6 rings (SSSR count). The standard InChI is InChI=1S/C30H34F3N3O2/c31-30(32,33)22-8-4-7-21(15-22)29(38)35-14-13-23(16-35)34-28(37)27-25-17-36(18-26(25)27)24-11-9-20(10-12-24)19-5-2-1-3-6-19/h1-8,15,20,23-27H,9-14,16-18H2,(H,34,37)/t20?,23-,24?,25-,26+,27?/m1/s1. The van der Waals surface area contributed by atoms with Gasteiger partial charge in [0, 0.05) is 49.7 Å². The van der Waals surface area contributed by atoms with Gasteiger partial charge in [0.1, 0.15) is 0 Å². The van der Waals surface area contributed by atoms with Gasteiger partial charge in [0.2, 0.25) is 5.91 Å². The third-order valence-electron chi connectivity index (χ3n) is 9.27. The van der Waals surface area contributed by atoms with Crippen molar-refractivity contribution in [3.05, 3.63) is 71.3 Å². The summed E-state index contributed by atoms with van der Waals surface area (Å²) < 4.78 is 39.1. The molecule has 2 saturated heterocycles. The van der Waals surface area contributed by atoms with Crippen LogP contribution in [0.4, 0.5) is 13.2 Å². The highest BCUT2D eigenvalue weighted by molar-refractivity contribution is 5.94. The molecule has 2 amide bonds. The van der Waals surface area contributed by atoms with E-state index in [1.807, 2.05) is 0 Å². The van der Waals surface area contributed by atoms with Crippen molar-refractivity contribution in [3.8, 4) is 0 Å². The molecule has 2 aliphatic carbocycles. The second-order valence-corrected chi connectivity index (χ2v) is 11.5. The monoisotopic (exact) mass is 525 g/mol. The number of fused-ring (bicyclic) bond motifs is 1. The number of carbonyl (C=O) groups is 2. The zero-order valence-electron chi connectivity index (χ0n) is 21.4. The van der Waals surface area contributed by atoms with Gasteiger partial charge in [0.15, 0.2) is 0 Å². The van der Waals surface area contributed by atoms with Crippen LogP contribution in [0, 0.1) is 17.8 Å². The summed E-state index contributed by atoms with van der Waals surface area (Å²) in [6, 6.07) is 15.8. The number of piperidine rings is 1. The number of alkyl halides is 3. The molecule has 0 spiro atoms. The highest BCUT2D eigenvalue weighted by Crippen LogP contribution is 2.53. The highest BCUT2D eigenvalue weighted by atomic mass is 19.4. The number of nitrogens with zero attached hydrogens (tertiary/aromatic N) is 2.